The number of hydrogen-bond donors (Lipinski definition) is 2. The number of nitrogens with one attached hydrogen (secondary N) is 2. The number of benzene rings is 1. The number of carbonyl (C=O) groups excluding carboxylic acids is 2. The zero-order valence-electron chi connectivity index (χ0n) is 14.3. The van der Waals surface area contributed by atoms with Gasteiger partial charge in [-0.1, -0.05) is 0 Å². The van der Waals surface area contributed by atoms with Crippen molar-refractivity contribution in [3.8, 4) is 11.5 Å². The van der Waals surface area contributed by atoms with Crippen LogP contribution >= 0.6 is 12.4 Å². The molecule has 0 radical (unpaired) electrons. The molecular weight excluding hydrogens is 334 g/mol. The van der Waals surface area contributed by atoms with Crippen molar-refractivity contribution in [1.29, 1.82) is 0 Å². The minimum Gasteiger partial charge on any atom is -0.493 e. The maximum Gasteiger partial charge on any atom is 0.254 e. The summed E-state index contributed by atoms with van der Waals surface area (Å²) in [4.78, 5) is 26.0. The highest BCUT2D eigenvalue weighted by Gasteiger charge is 2.26. The molecule has 0 saturated carbocycles. The predicted molar refractivity (Wildman–Crippen MR) is 94.5 cm³/mol. The molecule has 0 unspecified atom stereocenters. The van der Waals surface area contributed by atoms with Crippen LogP contribution in [-0.4, -0.2) is 56.6 Å². The minimum absolute atomic E-state index is 0. The SMILES string of the molecule is COc1cc(C(=O)N2CCNC[C@H]2C)cc(NC(C)=O)c1OC.Cl. The lowest BCUT2D eigenvalue weighted by atomic mass is 10.1. The van der Waals surface area contributed by atoms with Crippen LogP contribution in [0.2, 0.25) is 0 Å². The highest BCUT2D eigenvalue weighted by Crippen LogP contribution is 2.37. The summed E-state index contributed by atoms with van der Waals surface area (Å²) >= 11 is 0. The Morgan fingerprint density at radius 1 is 1.29 bits per heavy atom. The van der Waals surface area contributed by atoms with E-state index in [1.165, 1.54) is 21.1 Å². The van der Waals surface area contributed by atoms with Gasteiger partial charge in [0, 0.05) is 38.2 Å². The van der Waals surface area contributed by atoms with Gasteiger partial charge in [0.2, 0.25) is 5.91 Å². The molecule has 8 heteroatoms. The number of piperazine rings is 1. The molecule has 1 aromatic carbocycles. The molecule has 1 aliphatic heterocycles. The first-order valence-electron chi connectivity index (χ1n) is 7.53. The van der Waals surface area contributed by atoms with Crippen molar-refractivity contribution in [3.05, 3.63) is 17.7 Å². The second kappa shape index (κ2) is 8.75. The van der Waals surface area contributed by atoms with Crippen LogP contribution in [0.3, 0.4) is 0 Å². The van der Waals surface area contributed by atoms with E-state index in [2.05, 4.69) is 10.6 Å². The number of ether oxygens (including phenoxy) is 2. The van der Waals surface area contributed by atoms with Gasteiger partial charge in [-0.3, -0.25) is 9.59 Å². The maximum atomic E-state index is 12.8. The van der Waals surface area contributed by atoms with Gasteiger partial charge in [0.25, 0.3) is 5.91 Å². The van der Waals surface area contributed by atoms with Crippen molar-refractivity contribution in [2.75, 3.05) is 39.2 Å². The van der Waals surface area contributed by atoms with Crippen LogP contribution in [-0.2, 0) is 4.79 Å². The number of anilines is 1. The van der Waals surface area contributed by atoms with Gasteiger partial charge in [0.1, 0.15) is 0 Å². The molecule has 1 saturated heterocycles. The Bertz CT molecular complexity index is 609. The fourth-order valence-corrected chi connectivity index (χ4v) is 2.68. The average Bonchev–Trinajstić information content (AvgIpc) is 2.53. The summed E-state index contributed by atoms with van der Waals surface area (Å²) in [5.41, 5.74) is 0.880. The third-order valence-electron chi connectivity index (χ3n) is 3.80. The second-order valence-corrected chi connectivity index (χ2v) is 5.49. The summed E-state index contributed by atoms with van der Waals surface area (Å²) < 4.78 is 10.6. The molecule has 7 nitrogen and oxygen atoms in total. The van der Waals surface area contributed by atoms with Crippen LogP contribution < -0.4 is 20.1 Å². The van der Waals surface area contributed by atoms with Crippen LogP contribution in [0.5, 0.6) is 11.5 Å². The lowest BCUT2D eigenvalue weighted by Gasteiger charge is -2.34. The molecule has 1 fully saturated rings. The minimum atomic E-state index is -0.245. The Kier molecular flexibility index (Phi) is 7.31. The molecular formula is C16H24ClN3O4. The third kappa shape index (κ3) is 4.30. The molecule has 1 heterocycles. The molecule has 1 aliphatic rings. The summed E-state index contributed by atoms with van der Waals surface area (Å²) in [7, 11) is 2.99. The molecule has 1 atom stereocenters. The molecule has 0 spiro atoms. The predicted octanol–water partition coefficient (Wildman–Crippen LogP) is 1.52. The standard InChI is InChI=1S/C16H23N3O4.ClH/c1-10-9-17-5-6-19(10)16(21)12-7-13(18-11(2)20)15(23-4)14(8-12)22-3;/h7-8,10,17H,5-6,9H2,1-4H3,(H,18,20);1H/t10-;/m1./s1. The quantitative estimate of drug-likeness (QED) is 0.854. The number of amides is 2. The smallest absolute Gasteiger partial charge is 0.254 e. The first kappa shape index (κ1) is 20.1. The van der Waals surface area contributed by atoms with Gasteiger partial charge in [0.05, 0.1) is 19.9 Å². The largest absolute Gasteiger partial charge is 0.493 e. The van der Waals surface area contributed by atoms with Crippen LogP contribution in [0, 0.1) is 0 Å². The molecule has 1 aromatic rings. The topological polar surface area (TPSA) is 79.9 Å². The summed E-state index contributed by atoms with van der Waals surface area (Å²) in [5, 5.41) is 5.93. The summed E-state index contributed by atoms with van der Waals surface area (Å²) in [6.07, 6.45) is 0. The average molecular weight is 358 g/mol. The number of nitrogens with zero attached hydrogens (tertiary/aromatic N) is 1. The van der Waals surface area contributed by atoms with E-state index >= 15 is 0 Å². The first-order chi connectivity index (χ1) is 11.0. The lowest BCUT2D eigenvalue weighted by Crippen LogP contribution is -2.52. The van der Waals surface area contributed by atoms with Crippen molar-refractivity contribution in [2.45, 2.75) is 19.9 Å². The molecule has 0 bridgehead atoms. The molecule has 2 N–H and O–H groups in total. The lowest BCUT2D eigenvalue weighted by molar-refractivity contribution is -0.114. The van der Waals surface area contributed by atoms with Crippen molar-refractivity contribution < 1.29 is 19.1 Å². The first-order valence-corrected chi connectivity index (χ1v) is 7.53. The van der Waals surface area contributed by atoms with Crippen molar-refractivity contribution >= 4 is 29.9 Å². The van der Waals surface area contributed by atoms with E-state index in [4.69, 9.17) is 9.47 Å². The fraction of sp³-hybridized carbons (Fsp3) is 0.500. The third-order valence-corrected chi connectivity index (χ3v) is 3.80. The Hall–Kier alpha value is -1.99. The van der Waals surface area contributed by atoms with Gasteiger partial charge in [-0.15, -0.1) is 12.4 Å². The number of halogens is 1. The number of methoxy groups -OCH3 is 2. The zero-order chi connectivity index (χ0) is 17.0. The Morgan fingerprint density at radius 3 is 2.54 bits per heavy atom. The van der Waals surface area contributed by atoms with Crippen LogP contribution in [0.4, 0.5) is 5.69 Å². The van der Waals surface area contributed by atoms with E-state index < -0.39 is 0 Å². The fourth-order valence-electron chi connectivity index (χ4n) is 2.68. The molecule has 0 aliphatic carbocycles. The summed E-state index contributed by atoms with van der Waals surface area (Å²) in [6, 6.07) is 3.37. The van der Waals surface area contributed by atoms with Crippen molar-refractivity contribution in [2.24, 2.45) is 0 Å². The van der Waals surface area contributed by atoms with Crippen LogP contribution in [0.15, 0.2) is 12.1 Å². The summed E-state index contributed by atoms with van der Waals surface area (Å²) in [6.45, 7) is 5.57. The molecule has 2 rings (SSSR count). The molecule has 134 valence electrons. The van der Waals surface area contributed by atoms with E-state index in [0.29, 0.717) is 29.3 Å². The monoisotopic (exact) mass is 357 g/mol. The highest BCUT2D eigenvalue weighted by atomic mass is 35.5. The maximum absolute atomic E-state index is 12.8. The zero-order valence-corrected chi connectivity index (χ0v) is 15.2. The van der Waals surface area contributed by atoms with Gasteiger partial charge in [-0.2, -0.15) is 0 Å². The molecule has 0 aromatic heterocycles. The van der Waals surface area contributed by atoms with E-state index in [1.807, 2.05) is 11.8 Å². The molecule has 2 amide bonds. The van der Waals surface area contributed by atoms with E-state index in [1.54, 1.807) is 12.1 Å². The number of rotatable bonds is 4. The van der Waals surface area contributed by atoms with E-state index in [0.717, 1.165) is 13.1 Å². The Labute approximate surface area is 148 Å². The van der Waals surface area contributed by atoms with Gasteiger partial charge in [-0.05, 0) is 19.1 Å². The Morgan fingerprint density at radius 2 is 2.00 bits per heavy atom. The van der Waals surface area contributed by atoms with Gasteiger partial charge >= 0.3 is 0 Å². The summed E-state index contributed by atoms with van der Waals surface area (Å²) in [5.74, 6) is 0.467. The van der Waals surface area contributed by atoms with Crippen LogP contribution in [0.1, 0.15) is 24.2 Å². The number of hydrogen-bond acceptors (Lipinski definition) is 5. The normalized spacial score (nSPS) is 16.8. The van der Waals surface area contributed by atoms with E-state index in [-0.39, 0.29) is 30.3 Å². The van der Waals surface area contributed by atoms with Gasteiger partial charge < -0.3 is 25.0 Å². The molecule has 24 heavy (non-hydrogen) atoms. The number of carbonyl (C=O) groups is 2. The van der Waals surface area contributed by atoms with E-state index in [9.17, 15) is 9.59 Å². The van der Waals surface area contributed by atoms with Gasteiger partial charge in [0.15, 0.2) is 11.5 Å². The Balaban J connectivity index is 0.00000288. The van der Waals surface area contributed by atoms with Gasteiger partial charge in [-0.25, -0.2) is 0 Å². The second-order valence-electron chi connectivity index (χ2n) is 5.49. The van der Waals surface area contributed by atoms with Crippen molar-refractivity contribution in [1.82, 2.24) is 10.2 Å². The van der Waals surface area contributed by atoms with Crippen molar-refractivity contribution in [3.63, 3.8) is 0 Å². The van der Waals surface area contributed by atoms with Crippen LogP contribution in [0.25, 0.3) is 0 Å². The highest BCUT2D eigenvalue weighted by molar-refractivity contribution is 5.99.